The molecule has 0 saturated heterocycles. The highest BCUT2D eigenvalue weighted by Crippen LogP contribution is 2.37. The number of hydrogen-bond acceptors (Lipinski definition) is 1. The van der Waals surface area contributed by atoms with Crippen LogP contribution in [-0.2, 0) is 6.42 Å². The summed E-state index contributed by atoms with van der Waals surface area (Å²) in [6, 6.07) is 8.92. The summed E-state index contributed by atoms with van der Waals surface area (Å²) < 4.78 is 1.19. The number of rotatable bonds is 1. The molecule has 3 rings (SSSR count). The van der Waals surface area contributed by atoms with E-state index in [1.165, 1.54) is 30.9 Å². The van der Waals surface area contributed by atoms with Gasteiger partial charge in [0.15, 0.2) is 0 Å². The summed E-state index contributed by atoms with van der Waals surface area (Å²) >= 11 is 5.52. The minimum atomic E-state index is 1.07. The Labute approximate surface area is 108 Å². The van der Waals surface area contributed by atoms with Crippen molar-refractivity contribution in [2.75, 3.05) is 0 Å². The lowest BCUT2D eigenvalue weighted by Gasteiger charge is -2.06. The number of aryl methyl sites for hydroxylation is 1. The Morgan fingerprint density at radius 2 is 2.12 bits per heavy atom. The zero-order valence-electron chi connectivity index (χ0n) is 8.96. The smallest absolute Gasteiger partial charge is 0.0356 e. The molecule has 16 heavy (non-hydrogen) atoms. The predicted molar refractivity (Wildman–Crippen MR) is 74.9 cm³/mol. The number of hydrogen-bond donors (Lipinski definition) is 0. The first-order valence-electron chi connectivity index (χ1n) is 5.30. The average molecular weight is 291 g/mol. The molecule has 0 unspecified atom stereocenters. The summed E-state index contributed by atoms with van der Waals surface area (Å²) in [7, 11) is 0. The van der Waals surface area contributed by atoms with Crippen LogP contribution in [0, 0.1) is 6.92 Å². The molecule has 1 aromatic heterocycles. The molecule has 2 aromatic rings. The quantitative estimate of drug-likeness (QED) is 0.689. The second-order valence-corrected chi connectivity index (χ2v) is 6.19. The van der Waals surface area contributed by atoms with Gasteiger partial charge in [-0.05, 0) is 48.7 Å². The van der Waals surface area contributed by atoms with E-state index in [9.17, 15) is 0 Å². The van der Waals surface area contributed by atoms with E-state index >= 15 is 0 Å². The molecule has 0 aliphatic heterocycles. The van der Waals surface area contributed by atoms with Crippen LogP contribution < -0.4 is 0 Å². The maximum absolute atomic E-state index is 3.67. The minimum absolute atomic E-state index is 1.07. The molecule has 0 N–H and O–H groups in total. The molecule has 0 nitrogen and oxygen atoms in total. The van der Waals surface area contributed by atoms with E-state index in [1.807, 2.05) is 11.3 Å². The Morgan fingerprint density at radius 1 is 1.25 bits per heavy atom. The van der Waals surface area contributed by atoms with Gasteiger partial charge in [-0.2, -0.15) is 0 Å². The van der Waals surface area contributed by atoms with Crippen molar-refractivity contribution >= 4 is 33.3 Å². The summed E-state index contributed by atoms with van der Waals surface area (Å²) in [5, 5.41) is 0. The largest absolute Gasteiger partial charge is 0.141 e. The lowest BCUT2D eigenvalue weighted by Crippen LogP contribution is -1.84. The summed E-state index contributed by atoms with van der Waals surface area (Å²) in [6.07, 6.45) is 5.49. The lowest BCUT2D eigenvalue weighted by atomic mass is 10.1. The maximum atomic E-state index is 3.67. The van der Waals surface area contributed by atoms with Crippen LogP contribution in [0.15, 0.2) is 34.8 Å². The number of halogens is 1. The predicted octanol–water partition coefficient (Wildman–Crippen LogP) is 5.06. The zero-order valence-corrected chi connectivity index (χ0v) is 11.4. The molecule has 0 fully saturated rings. The SMILES string of the molecule is Cc1ccc(-c2cc3c(cc2Br)C=CC3)s1. The topological polar surface area (TPSA) is 0 Å². The van der Waals surface area contributed by atoms with Gasteiger partial charge in [0.1, 0.15) is 0 Å². The minimum Gasteiger partial charge on any atom is -0.141 e. The fraction of sp³-hybridized carbons (Fsp3) is 0.143. The first kappa shape index (κ1) is 10.3. The van der Waals surface area contributed by atoms with Gasteiger partial charge in [-0.15, -0.1) is 11.3 Å². The molecule has 0 amide bonds. The molecule has 80 valence electrons. The lowest BCUT2D eigenvalue weighted by molar-refractivity contribution is 1.31. The van der Waals surface area contributed by atoms with Crippen molar-refractivity contribution in [1.82, 2.24) is 0 Å². The Balaban J connectivity index is 2.16. The fourth-order valence-corrected chi connectivity index (χ4v) is 3.65. The third-order valence-corrected chi connectivity index (χ3v) is 4.56. The van der Waals surface area contributed by atoms with E-state index < -0.39 is 0 Å². The third-order valence-electron chi connectivity index (χ3n) is 2.87. The maximum Gasteiger partial charge on any atom is 0.0356 e. The number of allylic oxidation sites excluding steroid dienone is 1. The normalized spacial score (nSPS) is 13.1. The monoisotopic (exact) mass is 290 g/mol. The van der Waals surface area contributed by atoms with Gasteiger partial charge in [-0.25, -0.2) is 0 Å². The Bertz CT molecular complexity index is 578. The van der Waals surface area contributed by atoms with Crippen molar-refractivity contribution in [3.63, 3.8) is 0 Å². The first-order chi connectivity index (χ1) is 7.74. The molecule has 0 spiro atoms. The Morgan fingerprint density at radius 3 is 2.88 bits per heavy atom. The van der Waals surface area contributed by atoms with Crippen LogP contribution in [0.4, 0.5) is 0 Å². The van der Waals surface area contributed by atoms with Gasteiger partial charge < -0.3 is 0 Å². The summed E-state index contributed by atoms with van der Waals surface area (Å²) in [5.41, 5.74) is 4.11. The zero-order chi connectivity index (χ0) is 11.1. The Hall–Kier alpha value is -0.860. The van der Waals surface area contributed by atoms with Gasteiger partial charge in [0, 0.05) is 19.8 Å². The van der Waals surface area contributed by atoms with Crippen LogP contribution in [-0.4, -0.2) is 0 Å². The second-order valence-electron chi connectivity index (χ2n) is 4.05. The van der Waals surface area contributed by atoms with E-state index in [0.29, 0.717) is 0 Å². The summed E-state index contributed by atoms with van der Waals surface area (Å²) in [6.45, 7) is 2.15. The number of thiophene rings is 1. The molecule has 1 heterocycles. The number of benzene rings is 1. The number of fused-ring (bicyclic) bond motifs is 1. The van der Waals surface area contributed by atoms with Crippen molar-refractivity contribution in [2.45, 2.75) is 13.3 Å². The molecule has 1 aromatic carbocycles. The van der Waals surface area contributed by atoms with Crippen molar-refractivity contribution in [2.24, 2.45) is 0 Å². The van der Waals surface area contributed by atoms with Gasteiger partial charge in [0.2, 0.25) is 0 Å². The van der Waals surface area contributed by atoms with E-state index in [2.05, 4.69) is 59.3 Å². The van der Waals surface area contributed by atoms with E-state index in [4.69, 9.17) is 0 Å². The van der Waals surface area contributed by atoms with Crippen molar-refractivity contribution < 1.29 is 0 Å². The van der Waals surface area contributed by atoms with Crippen LogP contribution in [0.25, 0.3) is 16.5 Å². The van der Waals surface area contributed by atoms with Gasteiger partial charge in [-0.3, -0.25) is 0 Å². The average Bonchev–Trinajstić information content (AvgIpc) is 2.84. The third kappa shape index (κ3) is 1.66. The molecule has 0 atom stereocenters. The van der Waals surface area contributed by atoms with Gasteiger partial charge in [0.25, 0.3) is 0 Å². The van der Waals surface area contributed by atoms with Crippen molar-refractivity contribution in [3.8, 4) is 10.4 Å². The fourth-order valence-electron chi connectivity index (χ4n) is 2.05. The molecule has 1 aliphatic carbocycles. The van der Waals surface area contributed by atoms with Crippen LogP contribution >= 0.6 is 27.3 Å². The molecule has 0 bridgehead atoms. The van der Waals surface area contributed by atoms with Crippen LogP contribution in [0.1, 0.15) is 16.0 Å². The summed E-state index contributed by atoms with van der Waals surface area (Å²) in [5.74, 6) is 0. The summed E-state index contributed by atoms with van der Waals surface area (Å²) in [4.78, 5) is 2.71. The van der Waals surface area contributed by atoms with Crippen LogP contribution in [0.5, 0.6) is 0 Å². The highest BCUT2D eigenvalue weighted by molar-refractivity contribution is 9.10. The molecule has 1 aliphatic rings. The van der Waals surface area contributed by atoms with Crippen LogP contribution in [0.2, 0.25) is 0 Å². The van der Waals surface area contributed by atoms with Crippen LogP contribution in [0.3, 0.4) is 0 Å². The van der Waals surface area contributed by atoms with Crippen molar-refractivity contribution in [1.29, 1.82) is 0 Å². The molecular formula is C14H11BrS. The molecule has 0 radical (unpaired) electrons. The van der Waals surface area contributed by atoms with E-state index in [1.54, 1.807) is 0 Å². The standard InChI is InChI=1S/C14H11BrS/c1-9-5-6-14(16-9)12-7-10-3-2-4-11(10)8-13(12)15/h2,4-8H,3H2,1H3. The Kier molecular flexibility index (Phi) is 2.49. The molecule has 2 heteroatoms. The van der Waals surface area contributed by atoms with Gasteiger partial charge in [-0.1, -0.05) is 28.1 Å². The highest BCUT2D eigenvalue weighted by atomic mass is 79.9. The highest BCUT2D eigenvalue weighted by Gasteiger charge is 2.11. The van der Waals surface area contributed by atoms with Crippen molar-refractivity contribution in [3.05, 3.63) is 50.8 Å². The first-order valence-corrected chi connectivity index (χ1v) is 6.91. The van der Waals surface area contributed by atoms with Gasteiger partial charge >= 0.3 is 0 Å². The van der Waals surface area contributed by atoms with E-state index in [0.717, 1.165) is 6.42 Å². The van der Waals surface area contributed by atoms with Gasteiger partial charge in [0.05, 0.1) is 0 Å². The van der Waals surface area contributed by atoms with E-state index in [-0.39, 0.29) is 0 Å². The second kappa shape index (κ2) is 3.86. The molecule has 0 saturated carbocycles. The molecular weight excluding hydrogens is 280 g/mol.